The van der Waals surface area contributed by atoms with Crippen LogP contribution in [0, 0.1) is 0 Å². The zero-order valence-corrected chi connectivity index (χ0v) is 11.2. The molecule has 2 aromatic rings. The molecule has 0 bridgehead atoms. The van der Waals surface area contributed by atoms with Crippen molar-refractivity contribution in [1.82, 2.24) is 9.88 Å². The number of hydrogen-bond acceptors (Lipinski definition) is 2. The van der Waals surface area contributed by atoms with Crippen molar-refractivity contribution in [3.63, 3.8) is 0 Å². The molecule has 0 fully saturated rings. The SMILES string of the molecule is COc1cccc(C(C)NCc2cccn2C)c1. The number of benzene rings is 1. The van der Waals surface area contributed by atoms with Gasteiger partial charge in [-0.1, -0.05) is 12.1 Å². The number of ether oxygens (including phenoxy) is 1. The van der Waals surface area contributed by atoms with Gasteiger partial charge in [0.25, 0.3) is 0 Å². The Labute approximate surface area is 108 Å². The Balaban J connectivity index is 1.99. The summed E-state index contributed by atoms with van der Waals surface area (Å²) in [6, 6.07) is 12.7. The Morgan fingerprint density at radius 2 is 2.11 bits per heavy atom. The lowest BCUT2D eigenvalue weighted by Gasteiger charge is -2.15. The van der Waals surface area contributed by atoms with Gasteiger partial charge in [0.15, 0.2) is 0 Å². The van der Waals surface area contributed by atoms with Crippen molar-refractivity contribution in [3.05, 3.63) is 53.9 Å². The Morgan fingerprint density at radius 3 is 2.78 bits per heavy atom. The summed E-state index contributed by atoms with van der Waals surface area (Å²) in [5.41, 5.74) is 2.52. The van der Waals surface area contributed by atoms with E-state index in [1.165, 1.54) is 11.3 Å². The van der Waals surface area contributed by atoms with Gasteiger partial charge in [-0.25, -0.2) is 0 Å². The van der Waals surface area contributed by atoms with Crippen molar-refractivity contribution in [3.8, 4) is 5.75 Å². The zero-order chi connectivity index (χ0) is 13.0. The van der Waals surface area contributed by atoms with E-state index < -0.39 is 0 Å². The molecular weight excluding hydrogens is 224 g/mol. The summed E-state index contributed by atoms with van der Waals surface area (Å²) >= 11 is 0. The average molecular weight is 244 g/mol. The fourth-order valence-corrected chi connectivity index (χ4v) is 1.97. The van der Waals surface area contributed by atoms with Gasteiger partial charge < -0.3 is 14.6 Å². The van der Waals surface area contributed by atoms with Gasteiger partial charge in [0.1, 0.15) is 5.75 Å². The summed E-state index contributed by atoms with van der Waals surface area (Å²) in [5, 5.41) is 3.52. The summed E-state index contributed by atoms with van der Waals surface area (Å²) < 4.78 is 7.37. The Hall–Kier alpha value is -1.74. The van der Waals surface area contributed by atoms with Gasteiger partial charge in [-0.15, -0.1) is 0 Å². The van der Waals surface area contributed by atoms with Crippen molar-refractivity contribution < 1.29 is 4.74 Å². The predicted octanol–water partition coefficient (Wildman–Crippen LogP) is 2.88. The standard InChI is InChI=1S/C15H20N2O/c1-12(13-6-4-8-15(10-13)18-3)16-11-14-7-5-9-17(14)2/h4-10,12,16H,11H2,1-3H3. The summed E-state index contributed by atoms with van der Waals surface area (Å²) in [6.07, 6.45) is 2.06. The maximum Gasteiger partial charge on any atom is 0.119 e. The van der Waals surface area contributed by atoms with Gasteiger partial charge in [-0.3, -0.25) is 0 Å². The first-order valence-electron chi connectivity index (χ1n) is 6.18. The van der Waals surface area contributed by atoms with Crippen LogP contribution in [0.15, 0.2) is 42.6 Å². The molecule has 0 aliphatic carbocycles. The molecule has 3 nitrogen and oxygen atoms in total. The number of aryl methyl sites for hydroxylation is 1. The molecule has 2 rings (SSSR count). The first kappa shape index (κ1) is 12.7. The van der Waals surface area contributed by atoms with Crippen LogP contribution in [0.3, 0.4) is 0 Å². The third-order valence-corrected chi connectivity index (χ3v) is 3.23. The van der Waals surface area contributed by atoms with Crippen LogP contribution in [-0.4, -0.2) is 11.7 Å². The third-order valence-electron chi connectivity index (χ3n) is 3.23. The number of methoxy groups -OCH3 is 1. The highest BCUT2D eigenvalue weighted by atomic mass is 16.5. The smallest absolute Gasteiger partial charge is 0.119 e. The van der Waals surface area contributed by atoms with Crippen LogP contribution in [0.2, 0.25) is 0 Å². The van der Waals surface area contributed by atoms with E-state index in [9.17, 15) is 0 Å². The van der Waals surface area contributed by atoms with Crippen LogP contribution in [0.5, 0.6) is 5.75 Å². The molecule has 1 heterocycles. The molecule has 0 amide bonds. The Bertz CT molecular complexity index is 505. The van der Waals surface area contributed by atoms with E-state index in [4.69, 9.17) is 4.74 Å². The monoisotopic (exact) mass is 244 g/mol. The molecule has 1 atom stereocenters. The molecular formula is C15H20N2O. The van der Waals surface area contributed by atoms with Crippen LogP contribution < -0.4 is 10.1 Å². The lowest BCUT2D eigenvalue weighted by molar-refractivity contribution is 0.413. The number of nitrogens with one attached hydrogen (secondary N) is 1. The lowest BCUT2D eigenvalue weighted by Crippen LogP contribution is -2.19. The molecule has 3 heteroatoms. The minimum absolute atomic E-state index is 0.301. The molecule has 96 valence electrons. The molecule has 1 aromatic heterocycles. The first-order valence-corrected chi connectivity index (χ1v) is 6.18. The number of hydrogen-bond donors (Lipinski definition) is 1. The molecule has 1 N–H and O–H groups in total. The molecule has 18 heavy (non-hydrogen) atoms. The van der Waals surface area contributed by atoms with Crippen molar-refractivity contribution in [2.24, 2.45) is 7.05 Å². The highest BCUT2D eigenvalue weighted by Gasteiger charge is 2.06. The molecule has 0 saturated carbocycles. The van der Waals surface area contributed by atoms with Crippen LogP contribution in [0.25, 0.3) is 0 Å². The number of aromatic nitrogens is 1. The molecule has 1 aromatic carbocycles. The van der Waals surface area contributed by atoms with Crippen LogP contribution in [-0.2, 0) is 13.6 Å². The third kappa shape index (κ3) is 2.93. The lowest BCUT2D eigenvalue weighted by atomic mass is 10.1. The second kappa shape index (κ2) is 5.74. The van der Waals surface area contributed by atoms with Gasteiger partial charge in [-0.2, -0.15) is 0 Å². The van der Waals surface area contributed by atoms with Gasteiger partial charge in [0, 0.05) is 31.5 Å². The zero-order valence-electron chi connectivity index (χ0n) is 11.2. The van der Waals surface area contributed by atoms with Crippen LogP contribution in [0.4, 0.5) is 0 Å². The molecule has 0 aliphatic heterocycles. The van der Waals surface area contributed by atoms with Crippen LogP contribution in [0.1, 0.15) is 24.2 Å². The van der Waals surface area contributed by atoms with Crippen molar-refractivity contribution >= 4 is 0 Å². The second-order valence-electron chi connectivity index (χ2n) is 4.49. The van der Waals surface area contributed by atoms with Crippen molar-refractivity contribution in [2.75, 3.05) is 7.11 Å². The fraction of sp³-hybridized carbons (Fsp3) is 0.333. The Morgan fingerprint density at radius 1 is 1.28 bits per heavy atom. The minimum atomic E-state index is 0.301. The van der Waals surface area contributed by atoms with Crippen LogP contribution >= 0.6 is 0 Å². The molecule has 0 aliphatic rings. The molecule has 1 unspecified atom stereocenters. The normalized spacial score (nSPS) is 12.4. The van der Waals surface area contributed by atoms with E-state index in [1.807, 2.05) is 12.1 Å². The van der Waals surface area contributed by atoms with E-state index >= 15 is 0 Å². The highest BCUT2D eigenvalue weighted by Crippen LogP contribution is 2.19. The minimum Gasteiger partial charge on any atom is -0.497 e. The topological polar surface area (TPSA) is 26.2 Å². The van der Waals surface area contributed by atoms with Gasteiger partial charge in [0.2, 0.25) is 0 Å². The van der Waals surface area contributed by atoms with E-state index in [0.717, 1.165) is 12.3 Å². The van der Waals surface area contributed by atoms with Gasteiger partial charge >= 0.3 is 0 Å². The predicted molar refractivity (Wildman–Crippen MR) is 73.7 cm³/mol. The molecule has 0 saturated heterocycles. The van der Waals surface area contributed by atoms with Crippen molar-refractivity contribution in [2.45, 2.75) is 19.5 Å². The molecule has 0 spiro atoms. The average Bonchev–Trinajstić information content (AvgIpc) is 2.81. The number of nitrogens with zero attached hydrogens (tertiary/aromatic N) is 1. The number of rotatable bonds is 5. The van der Waals surface area contributed by atoms with E-state index in [-0.39, 0.29) is 0 Å². The summed E-state index contributed by atoms with van der Waals surface area (Å²) in [6.45, 7) is 3.03. The molecule has 0 radical (unpaired) electrons. The maximum atomic E-state index is 5.24. The van der Waals surface area contributed by atoms with E-state index in [2.05, 4.69) is 54.3 Å². The highest BCUT2D eigenvalue weighted by molar-refractivity contribution is 5.30. The summed E-state index contributed by atoms with van der Waals surface area (Å²) in [5.74, 6) is 0.903. The Kier molecular flexibility index (Phi) is 4.05. The van der Waals surface area contributed by atoms with E-state index in [0.29, 0.717) is 6.04 Å². The first-order chi connectivity index (χ1) is 8.70. The summed E-state index contributed by atoms with van der Waals surface area (Å²) in [7, 11) is 3.76. The van der Waals surface area contributed by atoms with Gasteiger partial charge in [-0.05, 0) is 36.8 Å². The summed E-state index contributed by atoms with van der Waals surface area (Å²) in [4.78, 5) is 0. The second-order valence-corrected chi connectivity index (χ2v) is 4.49. The van der Waals surface area contributed by atoms with E-state index in [1.54, 1.807) is 7.11 Å². The quantitative estimate of drug-likeness (QED) is 0.875. The fourth-order valence-electron chi connectivity index (χ4n) is 1.97. The van der Waals surface area contributed by atoms with Crippen molar-refractivity contribution in [1.29, 1.82) is 0 Å². The largest absolute Gasteiger partial charge is 0.497 e. The maximum absolute atomic E-state index is 5.24. The van der Waals surface area contributed by atoms with Gasteiger partial charge in [0.05, 0.1) is 7.11 Å².